The molecule has 3 aromatic carbocycles. The van der Waals surface area contributed by atoms with Crippen LogP contribution in [0, 0.1) is 0 Å². The van der Waals surface area contributed by atoms with Gasteiger partial charge in [-0.15, -0.1) is 0 Å². The van der Waals surface area contributed by atoms with Crippen LogP contribution >= 0.6 is 23.2 Å². The van der Waals surface area contributed by atoms with Crippen molar-refractivity contribution in [1.29, 1.82) is 0 Å². The van der Waals surface area contributed by atoms with Crippen LogP contribution in [0.5, 0.6) is 17.2 Å². The first-order chi connectivity index (χ1) is 20.2. The number of benzene rings is 3. The molecule has 0 radical (unpaired) electrons. The number of amides is 1. The number of sulfonamides is 1. The highest BCUT2D eigenvalue weighted by molar-refractivity contribution is 7.92. The maximum absolute atomic E-state index is 13.8. The number of carbonyl (C=O) groups is 1. The fraction of sp³-hybridized carbons (Fsp3) is 0.172. The van der Waals surface area contributed by atoms with Crippen LogP contribution in [-0.4, -0.2) is 47.9 Å². The van der Waals surface area contributed by atoms with Crippen LogP contribution in [-0.2, 0) is 14.8 Å². The molecule has 0 aliphatic heterocycles. The molecule has 0 aliphatic carbocycles. The first-order valence-electron chi connectivity index (χ1n) is 12.5. The highest BCUT2D eigenvalue weighted by Gasteiger charge is 2.28. The largest absolute Gasteiger partial charge is 0.494 e. The van der Waals surface area contributed by atoms with Gasteiger partial charge in [-0.2, -0.15) is 5.10 Å². The number of hydrogen-bond donors (Lipinski definition) is 1. The average molecular weight is 633 g/mol. The lowest BCUT2D eigenvalue weighted by Gasteiger charge is -2.24. The maximum atomic E-state index is 13.8. The SMILES string of the molecule is CCOc1ccc(N(CC(=O)N/N=C\c2ccc(-c3ccc(Cl)cc3Cl)o2)S(=O)(=O)c2ccc(OC)c(OC)c2)cc1. The van der Waals surface area contributed by atoms with Gasteiger partial charge in [-0.3, -0.25) is 9.10 Å². The van der Waals surface area contributed by atoms with Gasteiger partial charge < -0.3 is 18.6 Å². The molecule has 0 fully saturated rings. The van der Waals surface area contributed by atoms with Crippen molar-refractivity contribution in [2.75, 3.05) is 31.7 Å². The van der Waals surface area contributed by atoms with Crippen molar-refractivity contribution in [2.24, 2.45) is 5.10 Å². The molecule has 0 saturated carbocycles. The standard InChI is InChI=1S/C29H27Cl2N3O7S/c1-4-40-21-8-6-20(7-9-21)34(42(36,37)23-11-14-27(38-2)28(16-23)39-3)18-29(35)33-32-17-22-10-13-26(41-22)24-12-5-19(30)15-25(24)31/h5-17H,4,18H2,1-3H3,(H,33,35)/b32-17-. The lowest BCUT2D eigenvalue weighted by atomic mass is 10.2. The number of nitrogens with one attached hydrogen (secondary N) is 1. The summed E-state index contributed by atoms with van der Waals surface area (Å²) < 4.78 is 50.2. The Labute approximate surface area is 253 Å². The van der Waals surface area contributed by atoms with E-state index in [4.69, 9.17) is 41.8 Å². The number of halogens is 2. The van der Waals surface area contributed by atoms with Crippen molar-refractivity contribution < 1.29 is 31.8 Å². The molecule has 0 aliphatic rings. The van der Waals surface area contributed by atoms with Crippen LogP contribution in [0.3, 0.4) is 0 Å². The van der Waals surface area contributed by atoms with E-state index in [9.17, 15) is 13.2 Å². The van der Waals surface area contributed by atoms with E-state index >= 15 is 0 Å². The molecule has 4 aromatic rings. The Kier molecular flexibility index (Phi) is 10.00. The monoisotopic (exact) mass is 631 g/mol. The summed E-state index contributed by atoms with van der Waals surface area (Å²) in [5.74, 6) is 1.24. The van der Waals surface area contributed by atoms with Gasteiger partial charge in [0.25, 0.3) is 15.9 Å². The summed E-state index contributed by atoms with van der Waals surface area (Å²) >= 11 is 12.2. The molecule has 1 aromatic heterocycles. The number of carbonyl (C=O) groups excluding carboxylic acids is 1. The number of anilines is 1. The minimum absolute atomic E-state index is 0.102. The lowest BCUT2D eigenvalue weighted by Crippen LogP contribution is -2.39. The van der Waals surface area contributed by atoms with Gasteiger partial charge in [0, 0.05) is 16.7 Å². The van der Waals surface area contributed by atoms with Crippen molar-refractivity contribution in [3.63, 3.8) is 0 Å². The van der Waals surface area contributed by atoms with Gasteiger partial charge in [0.1, 0.15) is 23.8 Å². The number of nitrogens with zero attached hydrogens (tertiary/aromatic N) is 2. The van der Waals surface area contributed by atoms with Crippen molar-refractivity contribution in [3.05, 3.63) is 88.6 Å². The van der Waals surface area contributed by atoms with Crippen LogP contribution in [0.15, 0.2) is 87.2 Å². The minimum atomic E-state index is -4.24. The number of methoxy groups -OCH3 is 2. The van der Waals surface area contributed by atoms with Gasteiger partial charge in [-0.05, 0) is 73.7 Å². The Morgan fingerprint density at radius 1 is 0.976 bits per heavy atom. The van der Waals surface area contributed by atoms with E-state index in [1.54, 1.807) is 54.6 Å². The van der Waals surface area contributed by atoms with E-state index in [0.717, 1.165) is 4.31 Å². The van der Waals surface area contributed by atoms with Gasteiger partial charge >= 0.3 is 0 Å². The fourth-order valence-corrected chi connectivity index (χ4v) is 5.82. The van der Waals surface area contributed by atoms with E-state index in [-0.39, 0.29) is 16.3 Å². The summed E-state index contributed by atoms with van der Waals surface area (Å²) in [7, 11) is -1.40. The third-order valence-electron chi connectivity index (χ3n) is 5.87. The molecule has 0 spiro atoms. The van der Waals surface area contributed by atoms with Gasteiger partial charge in [-0.1, -0.05) is 23.2 Å². The first-order valence-corrected chi connectivity index (χ1v) is 14.7. The Hall–Kier alpha value is -4.19. The van der Waals surface area contributed by atoms with E-state index < -0.39 is 22.5 Å². The third kappa shape index (κ3) is 7.17. The second-order valence-corrected chi connectivity index (χ2v) is 11.3. The Morgan fingerprint density at radius 3 is 2.38 bits per heavy atom. The van der Waals surface area contributed by atoms with Crippen molar-refractivity contribution in [2.45, 2.75) is 11.8 Å². The number of ether oxygens (including phenoxy) is 3. The second-order valence-electron chi connectivity index (χ2n) is 8.57. The smallest absolute Gasteiger partial charge is 0.264 e. The van der Waals surface area contributed by atoms with Crippen molar-refractivity contribution in [1.82, 2.24) is 5.43 Å². The van der Waals surface area contributed by atoms with Gasteiger partial charge in [0.2, 0.25) is 0 Å². The number of furan rings is 1. The molecule has 1 amide bonds. The van der Waals surface area contributed by atoms with Gasteiger partial charge in [0.05, 0.1) is 42.6 Å². The molecule has 0 saturated heterocycles. The van der Waals surface area contributed by atoms with Gasteiger partial charge in [-0.25, -0.2) is 13.8 Å². The molecular weight excluding hydrogens is 605 g/mol. The second kappa shape index (κ2) is 13.6. The van der Waals surface area contributed by atoms with E-state index in [0.29, 0.717) is 45.2 Å². The number of hydrogen-bond acceptors (Lipinski definition) is 8. The van der Waals surface area contributed by atoms with Crippen molar-refractivity contribution >= 4 is 51.0 Å². The maximum Gasteiger partial charge on any atom is 0.264 e. The van der Waals surface area contributed by atoms with Crippen LogP contribution in [0.1, 0.15) is 12.7 Å². The molecule has 0 unspecified atom stereocenters. The van der Waals surface area contributed by atoms with E-state index in [2.05, 4.69) is 10.5 Å². The lowest BCUT2D eigenvalue weighted by molar-refractivity contribution is -0.119. The average Bonchev–Trinajstić information content (AvgIpc) is 3.44. The van der Waals surface area contributed by atoms with E-state index in [1.165, 1.54) is 38.6 Å². The molecule has 13 heteroatoms. The third-order valence-corrected chi connectivity index (χ3v) is 8.19. The van der Waals surface area contributed by atoms with E-state index in [1.807, 2.05) is 6.92 Å². The molecule has 10 nitrogen and oxygen atoms in total. The molecular formula is C29H27Cl2N3O7S. The summed E-state index contributed by atoms with van der Waals surface area (Å²) in [6.45, 7) is 1.70. The first kappa shape index (κ1) is 30.8. The highest BCUT2D eigenvalue weighted by Crippen LogP contribution is 2.33. The molecule has 0 bridgehead atoms. The Bertz CT molecular complexity index is 1690. The number of hydrazone groups is 1. The minimum Gasteiger partial charge on any atom is -0.494 e. The molecule has 0 atom stereocenters. The summed E-state index contributed by atoms with van der Waals surface area (Å²) in [5.41, 5.74) is 3.22. The Balaban J connectivity index is 1.55. The predicted octanol–water partition coefficient (Wildman–Crippen LogP) is 6.01. The summed E-state index contributed by atoms with van der Waals surface area (Å²) in [5, 5.41) is 4.83. The fourth-order valence-electron chi connectivity index (χ4n) is 3.88. The zero-order valence-electron chi connectivity index (χ0n) is 22.8. The molecule has 4 rings (SSSR count). The highest BCUT2D eigenvalue weighted by atomic mass is 35.5. The predicted molar refractivity (Wildman–Crippen MR) is 162 cm³/mol. The van der Waals surface area contributed by atoms with Crippen LogP contribution in [0.2, 0.25) is 10.0 Å². The summed E-state index contributed by atoms with van der Waals surface area (Å²) in [4.78, 5) is 12.8. The van der Waals surface area contributed by atoms with Crippen LogP contribution in [0.25, 0.3) is 11.3 Å². The Morgan fingerprint density at radius 2 is 1.71 bits per heavy atom. The summed E-state index contributed by atoms with van der Waals surface area (Å²) in [6.07, 6.45) is 1.29. The normalized spacial score (nSPS) is 11.4. The van der Waals surface area contributed by atoms with Crippen molar-refractivity contribution in [3.8, 4) is 28.6 Å². The molecule has 220 valence electrons. The zero-order valence-corrected chi connectivity index (χ0v) is 25.2. The van der Waals surface area contributed by atoms with Gasteiger partial charge in [0.15, 0.2) is 11.5 Å². The quantitative estimate of drug-likeness (QED) is 0.150. The molecule has 1 N–H and O–H groups in total. The van der Waals surface area contributed by atoms with Crippen LogP contribution < -0.4 is 23.9 Å². The zero-order chi connectivity index (χ0) is 30.3. The topological polar surface area (TPSA) is 120 Å². The summed E-state index contributed by atoms with van der Waals surface area (Å²) in [6, 6.07) is 18.8. The molecule has 42 heavy (non-hydrogen) atoms. The molecule has 1 heterocycles. The van der Waals surface area contributed by atoms with Crippen LogP contribution in [0.4, 0.5) is 5.69 Å². The number of rotatable bonds is 12.